The summed E-state index contributed by atoms with van der Waals surface area (Å²) in [5.74, 6) is -8.89. The average Bonchev–Trinajstić information content (AvgIpc) is 2.56. The highest BCUT2D eigenvalue weighted by molar-refractivity contribution is 5.64. The first-order valence-corrected chi connectivity index (χ1v) is 7.78. The van der Waals surface area contributed by atoms with Crippen molar-refractivity contribution in [1.29, 1.82) is 0 Å². The number of aliphatic hydroxyl groups is 1. The van der Waals surface area contributed by atoms with E-state index >= 15 is 0 Å². The largest absolute Gasteiger partial charge is 0.374 e. The van der Waals surface area contributed by atoms with Gasteiger partial charge in [-0.1, -0.05) is 37.6 Å². The Bertz CT molecular complexity index is 836. The quantitative estimate of drug-likeness (QED) is 0.611. The molecule has 1 aliphatic rings. The molecule has 3 rings (SSSR count). The molecule has 0 heterocycles. The normalized spacial score (nSPS) is 21.2. The molecule has 0 amide bonds. The molecular formula is C19H15F5O. The van der Waals surface area contributed by atoms with Gasteiger partial charge in [-0.05, 0) is 35.8 Å². The Balaban J connectivity index is 2.25. The van der Waals surface area contributed by atoms with E-state index in [-0.39, 0.29) is 5.56 Å². The Kier molecular flexibility index (Phi) is 4.19. The standard InChI is InChI=1S/C19H15F5O/c1-2-3-11-4-5-14-12(8-11)6-7-18(23,24)19(14,25)13-9-15(20)17(22)16(21)10-13/h4-10,25H,2-3H2,1H3. The molecule has 1 unspecified atom stereocenters. The lowest BCUT2D eigenvalue weighted by Crippen LogP contribution is -2.47. The van der Waals surface area contributed by atoms with Gasteiger partial charge in [0.25, 0.3) is 0 Å². The van der Waals surface area contributed by atoms with Crippen molar-refractivity contribution < 1.29 is 27.1 Å². The van der Waals surface area contributed by atoms with Crippen LogP contribution in [0.2, 0.25) is 0 Å². The highest BCUT2D eigenvalue weighted by Crippen LogP contribution is 2.49. The second-order valence-corrected chi connectivity index (χ2v) is 6.09. The third-order valence-electron chi connectivity index (χ3n) is 4.40. The van der Waals surface area contributed by atoms with Crippen LogP contribution in [0.1, 0.15) is 35.6 Å². The number of halogens is 5. The summed E-state index contributed by atoms with van der Waals surface area (Å²) in [6.45, 7) is 1.96. The zero-order chi connectivity index (χ0) is 18.4. The summed E-state index contributed by atoms with van der Waals surface area (Å²) < 4.78 is 69.4. The van der Waals surface area contributed by atoms with Gasteiger partial charge in [-0.2, -0.15) is 8.78 Å². The molecule has 132 valence electrons. The van der Waals surface area contributed by atoms with Crippen molar-refractivity contribution in [2.75, 3.05) is 0 Å². The molecule has 0 bridgehead atoms. The molecule has 25 heavy (non-hydrogen) atoms. The summed E-state index contributed by atoms with van der Waals surface area (Å²) in [6, 6.07) is 5.34. The van der Waals surface area contributed by atoms with Crippen molar-refractivity contribution in [2.24, 2.45) is 0 Å². The van der Waals surface area contributed by atoms with Crippen molar-refractivity contribution in [3.8, 4) is 0 Å². The Morgan fingerprint density at radius 2 is 1.64 bits per heavy atom. The van der Waals surface area contributed by atoms with E-state index in [1.807, 2.05) is 6.92 Å². The van der Waals surface area contributed by atoms with E-state index in [9.17, 15) is 27.1 Å². The molecule has 1 atom stereocenters. The summed E-state index contributed by atoms with van der Waals surface area (Å²) in [5.41, 5.74) is -2.73. The molecule has 0 radical (unpaired) electrons. The van der Waals surface area contributed by atoms with Crippen LogP contribution in [0.15, 0.2) is 36.4 Å². The third kappa shape index (κ3) is 2.65. The summed E-state index contributed by atoms with van der Waals surface area (Å²) in [7, 11) is 0. The molecule has 0 saturated heterocycles. The number of rotatable bonds is 3. The van der Waals surface area contributed by atoms with Crippen LogP contribution < -0.4 is 0 Å². The minimum absolute atomic E-state index is 0.190. The molecule has 0 aromatic heterocycles. The Hall–Kier alpha value is -2.21. The monoisotopic (exact) mass is 354 g/mol. The molecule has 0 aliphatic heterocycles. The van der Waals surface area contributed by atoms with E-state index in [0.29, 0.717) is 23.8 Å². The molecule has 0 spiro atoms. The summed E-state index contributed by atoms with van der Waals surface area (Å²) >= 11 is 0. The lowest BCUT2D eigenvalue weighted by molar-refractivity contribution is -0.131. The minimum atomic E-state index is -3.83. The molecular weight excluding hydrogens is 339 g/mol. The van der Waals surface area contributed by atoms with Gasteiger partial charge in [-0.3, -0.25) is 0 Å². The van der Waals surface area contributed by atoms with Crippen molar-refractivity contribution in [1.82, 2.24) is 0 Å². The van der Waals surface area contributed by atoms with E-state index in [0.717, 1.165) is 18.4 Å². The molecule has 6 heteroatoms. The van der Waals surface area contributed by atoms with Gasteiger partial charge >= 0.3 is 5.92 Å². The van der Waals surface area contributed by atoms with Gasteiger partial charge in [0, 0.05) is 11.1 Å². The number of aryl methyl sites for hydroxylation is 1. The van der Waals surface area contributed by atoms with Crippen LogP contribution in [0.25, 0.3) is 6.08 Å². The van der Waals surface area contributed by atoms with Gasteiger partial charge in [0.1, 0.15) is 0 Å². The molecule has 1 N–H and O–H groups in total. The number of benzene rings is 2. The van der Waals surface area contributed by atoms with E-state index in [2.05, 4.69) is 0 Å². The molecule has 1 nitrogen and oxygen atoms in total. The van der Waals surface area contributed by atoms with E-state index in [1.165, 1.54) is 12.1 Å². The summed E-state index contributed by atoms with van der Waals surface area (Å²) in [5, 5.41) is 10.8. The molecule has 0 saturated carbocycles. The maximum absolute atomic E-state index is 14.6. The maximum atomic E-state index is 14.6. The van der Waals surface area contributed by atoms with Crippen LogP contribution in [0.5, 0.6) is 0 Å². The number of hydrogen-bond acceptors (Lipinski definition) is 1. The van der Waals surface area contributed by atoms with Gasteiger partial charge in [-0.25, -0.2) is 13.2 Å². The highest BCUT2D eigenvalue weighted by atomic mass is 19.3. The van der Waals surface area contributed by atoms with Crippen LogP contribution in [0, 0.1) is 17.5 Å². The fourth-order valence-electron chi connectivity index (χ4n) is 3.13. The topological polar surface area (TPSA) is 20.2 Å². The zero-order valence-corrected chi connectivity index (χ0v) is 13.3. The molecule has 2 aromatic carbocycles. The number of fused-ring (bicyclic) bond motifs is 1. The Morgan fingerprint density at radius 1 is 1.00 bits per heavy atom. The fraction of sp³-hybridized carbons (Fsp3) is 0.263. The van der Waals surface area contributed by atoms with Crippen LogP contribution >= 0.6 is 0 Å². The Morgan fingerprint density at radius 3 is 2.24 bits per heavy atom. The van der Waals surface area contributed by atoms with E-state index in [1.54, 1.807) is 12.1 Å². The lowest BCUT2D eigenvalue weighted by Gasteiger charge is -2.38. The highest BCUT2D eigenvalue weighted by Gasteiger charge is 2.56. The van der Waals surface area contributed by atoms with Gasteiger partial charge in [0.15, 0.2) is 23.1 Å². The van der Waals surface area contributed by atoms with Crippen molar-refractivity contribution >= 4 is 6.08 Å². The second kappa shape index (κ2) is 5.95. The SMILES string of the molecule is CCCc1ccc2c(c1)C=CC(F)(F)C2(O)c1cc(F)c(F)c(F)c1. The first kappa shape index (κ1) is 17.6. The predicted octanol–water partition coefficient (Wildman–Crippen LogP) is 4.95. The van der Waals surface area contributed by atoms with E-state index in [4.69, 9.17) is 0 Å². The van der Waals surface area contributed by atoms with Crippen LogP contribution in [0.4, 0.5) is 22.0 Å². The Labute approximate surface area is 141 Å². The average molecular weight is 354 g/mol. The van der Waals surface area contributed by atoms with Crippen LogP contribution in [0.3, 0.4) is 0 Å². The van der Waals surface area contributed by atoms with Crippen LogP contribution in [-0.4, -0.2) is 11.0 Å². The molecule has 1 aliphatic carbocycles. The van der Waals surface area contributed by atoms with Crippen LogP contribution in [-0.2, 0) is 12.0 Å². The smallest absolute Gasteiger partial charge is 0.303 e. The minimum Gasteiger partial charge on any atom is -0.374 e. The summed E-state index contributed by atoms with van der Waals surface area (Å²) in [4.78, 5) is 0. The fourth-order valence-corrected chi connectivity index (χ4v) is 3.13. The van der Waals surface area contributed by atoms with Crippen molar-refractivity contribution in [3.05, 3.63) is 76.1 Å². The van der Waals surface area contributed by atoms with Gasteiger partial charge in [0.2, 0.25) is 0 Å². The molecule has 0 fully saturated rings. The zero-order valence-electron chi connectivity index (χ0n) is 13.3. The molecule has 2 aromatic rings. The van der Waals surface area contributed by atoms with Gasteiger partial charge in [0.05, 0.1) is 0 Å². The lowest BCUT2D eigenvalue weighted by atomic mass is 9.75. The maximum Gasteiger partial charge on any atom is 0.303 e. The first-order valence-electron chi connectivity index (χ1n) is 7.78. The first-order chi connectivity index (χ1) is 11.7. The van der Waals surface area contributed by atoms with Gasteiger partial charge < -0.3 is 5.11 Å². The van der Waals surface area contributed by atoms with Crippen molar-refractivity contribution in [3.63, 3.8) is 0 Å². The third-order valence-corrected chi connectivity index (χ3v) is 4.40. The number of alkyl halides is 2. The van der Waals surface area contributed by atoms with Gasteiger partial charge in [-0.15, -0.1) is 0 Å². The predicted molar refractivity (Wildman–Crippen MR) is 83.7 cm³/mol. The van der Waals surface area contributed by atoms with E-state index < -0.39 is 34.5 Å². The second-order valence-electron chi connectivity index (χ2n) is 6.09. The number of hydrogen-bond donors (Lipinski definition) is 1. The summed E-state index contributed by atoms with van der Waals surface area (Å²) in [6.07, 6.45) is 3.22. The van der Waals surface area contributed by atoms with Crippen molar-refractivity contribution in [2.45, 2.75) is 31.3 Å².